The summed E-state index contributed by atoms with van der Waals surface area (Å²) in [7, 11) is -4.14. The van der Waals surface area contributed by atoms with Gasteiger partial charge in [0.2, 0.25) is 5.91 Å². The van der Waals surface area contributed by atoms with Crippen LogP contribution in [0.2, 0.25) is 0 Å². The van der Waals surface area contributed by atoms with Gasteiger partial charge in [0.1, 0.15) is 18.1 Å². The minimum absolute atomic E-state index is 0.161. The normalized spacial score (nSPS) is 10.7. The minimum atomic E-state index is -4.14. The van der Waals surface area contributed by atoms with Crippen LogP contribution in [0.25, 0.3) is 0 Å². The van der Waals surface area contributed by atoms with Crippen molar-refractivity contribution in [1.29, 1.82) is 5.26 Å². The first-order valence-corrected chi connectivity index (χ1v) is 7.24. The maximum Gasteiger partial charge on any atom is 0.338 e. The number of hydrogen-bond acceptors (Lipinski definition) is 5. The molecule has 0 aliphatic carbocycles. The van der Waals surface area contributed by atoms with Crippen molar-refractivity contribution < 1.29 is 27.5 Å². The predicted molar refractivity (Wildman–Crippen MR) is 68.8 cm³/mol. The second-order valence-electron chi connectivity index (χ2n) is 4.10. The molecule has 1 rings (SSSR count). The summed E-state index contributed by atoms with van der Waals surface area (Å²) in [6.07, 6.45) is 0. The van der Waals surface area contributed by atoms with E-state index in [0.717, 1.165) is 6.07 Å². The molecule has 0 aromatic heterocycles. The van der Waals surface area contributed by atoms with Gasteiger partial charge in [0, 0.05) is 0 Å². The lowest BCUT2D eigenvalue weighted by Gasteiger charge is -2.08. The first kappa shape index (κ1) is 16.6. The summed E-state index contributed by atoms with van der Waals surface area (Å²) >= 11 is 0. The molecular weight excluding hydrogens is 303 g/mol. The maximum atomic E-state index is 13.6. The van der Waals surface area contributed by atoms with E-state index >= 15 is 0 Å². The number of halogens is 1. The Morgan fingerprint density at radius 2 is 2.05 bits per heavy atom. The number of carbonyl (C=O) groups is 2. The van der Waals surface area contributed by atoms with Crippen LogP contribution in [0.5, 0.6) is 0 Å². The van der Waals surface area contributed by atoms with Gasteiger partial charge in [0.05, 0.1) is 16.5 Å². The fourth-order valence-electron chi connectivity index (χ4n) is 1.52. The Morgan fingerprint density at radius 3 is 2.57 bits per heavy atom. The smallest absolute Gasteiger partial charge is 0.338 e. The number of hydrogen-bond donors (Lipinski definition) is 2. The molecule has 0 spiro atoms. The van der Waals surface area contributed by atoms with Gasteiger partial charge in [-0.3, -0.25) is 4.79 Å². The van der Waals surface area contributed by atoms with Crippen molar-refractivity contribution in [1.82, 2.24) is 5.32 Å². The number of carboxylic acids is 1. The molecule has 2 N–H and O–H groups in total. The van der Waals surface area contributed by atoms with E-state index in [2.05, 4.69) is 5.32 Å². The second-order valence-corrected chi connectivity index (χ2v) is 6.09. The third-order valence-corrected chi connectivity index (χ3v) is 4.10. The van der Waals surface area contributed by atoms with Crippen LogP contribution < -0.4 is 5.32 Å². The van der Waals surface area contributed by atoms with E-state index < -0.39 is 43.7 Å². The van der Waals surface area contributed by atoms with Crippen LogP contribution in [0.4, 0.5) is 4.39 Å². The molecule has 0 aliphatic rings. The van der Waals surface area contributed by atoms with E-state index in [1.807, 2.05) is 0 Å². The molecule has 112 valence electrons. The van der Waals surface area contributed by atoms with Crippen molar-refractivity contribution in [2.75, 3.05) is 12.3 Å². The minimum Gasteiger partial charge on any atom is -0.478 e. The number of nitrogens with one attached hydrogen (secondary N) is 1. The highest BCUT2D eigenvalue weighted by Gasteiger charge is 2.23. The van der Waals surface area contributed by atoms with Gasteiger partial charge in [-0.1, -0.05) is 0 Å². The van der Waals surface area contributed by atoms with Crippen LogP contribution in [0, 0.1) is 24.1 Å². The molecular formula is C12H11FN2O5S. The molecule has 1 aromatic carbocycles. The van der Waals surface area contributed by atoms with E-state index in [1.165, 1.54) is 6.92 Å². The first-order valence-electron chi connectivity index (χ1n) is 5.59. The molecule has 9 heteroatoms. The van der Waals surface area contributed by atoms with Gasteiger partial charge < -0.3 is 10.4 Å². The van der Waals surface area contributed by atoms with Gasteiger partial charge in [0.25, 0.3) is 0 Å². The summed E-state index contributed by atoms with van der Waals surface area (Å²) in [4.78, 5) is 21.7. The van der Waals surface area contributed by atoms with E-state index in [-0.39, 0.29) is 12.1 Å². The summed E-state index contributed by atoms with van der Waals surface area (Å²) in [6, 6.07) is 3.23. The molecule has 7 nitrogen and oxygen atoms in total. The Morgan fingerprint density at radius 1 is 1.43 bits per heavy atom. The number of benzene rings is 1. The molecule has 0 saturated carbocycles. The summed E-state index contributed by atoms with van der Waals surface area (Å²) < 4.78 is 37.5. The highest BCUT2D eigenvalue weighted by Crippen LogP contribution is 2.20. The summed E-state index contributed by atoms with van der Waals surface area (Å²) in [6.45, 7) is 0.869. The van der Waals surface area contributed by atoms with Crippen LogP contribution in [0.1, 0.15) is 15.9 Å². The largest absolute Gasteiger partial charge is 0.478 e. The Hall–Kier alpha value is -2.47. The van der Waals surface area contributed by atoms with Crippen molar-refractivity contribution in [3.05, 3.63) is 29.1 Å². The zero-order chi connectivity index (χ0) is 16.2. The summed E-state index contributed by atoms with van der Waals surface area (Å²) in [5.74, 6) is -4.51. The van der Waals surface area contributed by atoms with Gasteiger partial charge in [0.15, 0.2) is 9.84 Å². The zero-order valence-electron chi connectivity index (χ0n) is 10.9. The highest BCUT2D eigenvalue weighted by atomic mass is 32.2. The van der Waals surface area contributed by atoms with Crippen molar-refractivity contribution in [3.63, 3.8) is 0 Å². The van der Waals surface area contributed by atoms with Gasteiger partial charge >= 0.3 is 5.97 Å². The first-order chi connectivity index (χ1) is 9.69. The SMILES string of the molecule is Cc1cc(S(=O)(=O)CC(=O)NCC#N)cc(C(=O)O)c1F. The van der Waals surface area contributed by atoms with Crippen LogP contribution >= 0.6 is 0 Å². The molecule has 0 fully saturated rings. The summed E-state index contributed by atoms with van der Waals surface area (Å²) in [5, 5.41) is 19.2. The Labute approximate surface area is 119 Å². The Balaban J connectivity index is 3.18. The van der Waals surface area contributed by atoms with Gasteiger partial charge in [-0.25, -0.2) is 17.6 Å². The number of rotatable bonds is 5. The molecule has 1 aromatic rings. The molecule has 0 bridgehead atoms. The number of sulfone groups is 1. The quantitative estimate of drug-likeness (QED) is 0.593. The predicted octanol–water partition coefficient (Wildman–Crippen LogP) is 0.246. The number of nitrogens with zero attached hydrogens (tertiary/aromatic N) is 1. The van der Waals surface area contributed by atoms with Crippen molar-refractivity contribution in [2.45, 2.75) is 11.8 Å². The number of aromatic carboxylic acids is 1. The summed E-state index contributed by atoms with van der Waals surface area (Å²) in [5.41, 5.74) is -0.947. The number of carboxylic acid groups (broad SMARTS) is 1. The van der Waals surface area contributed by atoms with Crippen LogP contribution in [-0.4, -0.2) is 37.7 Å². The van der Waals surface area contributed by atoms with Crippen molar-refractivity contribution in [3.8, 4) is 6.07 Å². The lowest BCUT2D eigenvalue weighted by Crippen LogP contribution is -2.30. The average Bonchev–Trinajstić information content (AvgIpc) is 2.38. The lowest BCUT2D eigenvalue weighted by molar-refractivity contribution is -0.118. The third-order valence-electron chi connectivity index (χ3n) is 2.50. The Kier molecular flexibility index (Phi) is 4.99. The van der Waals surface area contributed by atoms with E-state index in [0.29, 0.717) is 6.07 Å². The van der Waals surface area contributed by atoms with Gasteiger partial charge in [-0.15, -0.1) is 0 Å². The van der Waals surface area contributed by atoms with Crippen LogP contribution in [-0.2, 0) is 14.6 Å². The Bertz CT molecular complexity index is 737. The second kappa shape index (κ2) is 6.32. The van der Waals surface area contributed by atoms with Crippen molar-refractivity contribution in [2.24, 2.45) is 0 Å². The standard InChI is InChI=1S/C12H11FN2O5S/c1-7-4-8(5-9(11(7)13)12(17)18)21(19,20)6-10(16)15-3-2-14/h4-5H,3,6H2,1H3,(H,15,16)(H,17,18). The molecule has 0 aliphatic heterocycles. The third kappa shape index (κ3) is 4.00. The highest BCUT2D eigenvalue weighted by molar-refractivity contribution is 7.92. The topological polar surface area (TPSA) is 124 Å². The monoisotopic (exact) mass is 314 g/mol. The molecule has 0 heterocycles. The number of nitriles is 1. The van der Waals surface area contributed by atoms with Gasteiger partial charge in [-0.05, 0) is 24.6 Å². The maximum absolute atomic E-state index is 13.6. The van der Waals surface area contributed by atoms with Crippen molar-refractivity contribution >= 4 is 21.7 Å². The van der Waals surface area contributed by atoms with Crippen LogP contribution in [0.3, 0.4) is 0 Å². The average molecular weight is 314 g/mol. The van der Waals surface area contributed by atoms with E-state index in [1.54, 1.807) is 6.07 Å². The molecule has 21 heavy (non-hydrogen) atoms. The van der Waals surface area contributed by atoms with Gasteiger partial charge in [-0.2, -0.15) is 5.26 Å². The zero-order valence-corrected chi connectivity index (χ0v) is 11.7. The number of carbonyl (C=O) groups excluding carboxylic acids is 1. The van der Waals surface area contributed by atoms with Crippen LogP contribution in [0.15, 0.2) is 17.0 Å². The molecule has 1 amide bonds. The fourth-order valence-corrected chi connectivity index (χ4v) is 2.78. The van der Waals surface area contributed by atoms with E-state index in [4.69, 9.17) is 10.4 Å². The number of aryl methyl sites for hydroxylation is 1. The fraction of sp³-hybridized carbons (Fsp3) is 0.250. The molecule has 0 unspecified atom stereocenters. The molecule has 0 atom stereocenters. The van der Waals surface area contributed by atoms with E-state index in [9.17, 15) is 22.4 Å². The number of amides is 1. The lowest BCUT2D eigenvalue weighted by atomic mass is 10.1. The molecule has 0 radical (unpaired) electrons. The molecule has 0 saturated heterocycles.